The molecule has 1 saturated heterocycles. The van der Waals surface area contributed by atoms with Crippen molar-refractivity contribution in [3.63, 3.8) is 0 Å². The average Bonchev–Trinajstić information content (AvgIpc) is 2.61. The fourth-order valence-electron chi connectivity index (χ4n) is 2.12. The van der Waals surface area contributed by atoms with Crippen molar-refractivity contribution >= 4 is 64.5 Å². The molecule has 0 spiro atoms. The predicted molar refractivity (Wildman–Crippen MR) is 104 cm³/mol. The van der Waals surface area contributed by atoms with Crippen molar-refractivity contribution in [1.29, 1.82) is 0 Å². The van der Waals surface area contributed by atoms with Crippen LogP contribution in [0.25, 0.3) is 0 Å². The molecule has 0 aromatic heterocycles. The highest BCUT2D eigenvalue weighted by molar-refractivity contribution is 8.00. The number of carbonyl (C=O) groups excluding carboxylic acids is 3. The zero-order valence-corrected chi connectivity index (χ0v) is 17.0. The minimum Gasteiger partial charge on any atom is -0.433 e. The number of halogens is 3. The molecule has 2 N–H and O–H groups in total. The molecule has 0 unspecified atom stereocenters. The number of nitrogens with one attached hydrogen (secondary N) is 2. The Morgan fingerprint density at radius 3 is 2.52 bits per heavy atom. The predicted octanol–water partition coefficient (Wildman–Crippen LogP) is 2.43. The Bertz CT molecular complexity index is 672. The minimum absolute atomic E-state index is 0.0421. The lowest BCUT2D eigenvalue weighted by Gasteiger charge is -2.36. The molecule has 2 amide bonds. The first-order chi connectivity index (χ1) is 12.7. The highest BCUT2D eigenvalue weighted by Gasteiger charge is 2.40. The maximum absolute atomic E-state index is 12.1. The van der Waals surface area contributed by atoms with Gasteiger partial charge >= 0.3 is 6.16 Å². The number of benzene rings is 1. The number of rotatable bonds is 8. The summed E-state index contributed by atoms with van der Waals surface area (Å²) in [5.74, 6) is -0.103. The molecule has 1 fully saturated rings. The molecule has 0 radical (unpaired) electrons. The average molecular weight is 456 g/mol. The van der Waals surface area contributed by atoms with Gasteiger partial charge in [-0.1, -0.05) is 65.1 Å². The van der Waals surface area contributed by atoms with Gasteiger partial charge in [-0.2, -0.15) is 0 Å². The number of hydrogen-bond donors (Lipinski definition) is 2. The Hall–Kier alpha value is -1.35. The van der Waals surface area contributed by atoms with Crippen LogP contribution in [-0.2, 0) is 25.5 Å². The molecule has 1 aromatic rings. The Kier molecular flexibility index (Phi) is 8.34. The second-order valence-corrected chi connectivity index (χ2v) is 9.28. The fraction of sp³-hybridized carbons (Fsp3) is 0.438. The van der Waals surface area contributed by atoms with Crippen molar-refractivity contribution in [1.82, 2.24) is 10.6 Å². The second kappa shape index (κ2) is 10.3. The number of alkyl halides is 3. The zero-order chi connectivity index (χ0) is 19.9. The molecule has 148 valence electrons. The molecule has 1 aliphatic heterocycles. The van der Waals surface area contributed by atoms with E-state index in [-0.39, 0.29) is 30.2 Å². The van der Waals surface area contributed by atoms with E-state index in [1.165, 1.54) is 11.8 Å². The molecule has 27 heavy (non-hydrogen) atoms. The lowest BCUT2D eigenvalue weighted by Crippen LogP contribution is -2.68. The Balaban J connectivity index is 1.64. The zero-order valence-electron chi connectivity index (χ0n) is 14.0. The SMILES string of the molecule is O=C(Cc1ccccc1)N[C@@H]1C(=O)N[C@@H]1SCCOC(=O)OCC(Cl)(Cl)Cl. The van der Waals surface area contributed by atoms with Crippen LogP contribution in [-0.4, -0.2) is 52.1 Å². The van der Waals surface area contributed by atoms with E-state index in [4.69, 9.17) is 39.5 Å². The normalized spacial score (nSPS) is 18.9. The van der Waals surface area contributed by atoms with E-state index in [1.54, 1.807) is 0 Å². The maximum Gasteiger partial charge on any atom is 0.508 e. The van der Waals surface area contributed by atoms with Gasteiger partial charge in [0.25, 0.3) is 0 Å². The highest BCUT2D eigenvalue weighted by atomic mass is 35.6. The molecule has 0 bridgehead atoms. The lowest BCUT2D eigenvalue weighted by atomic mass is 10.1. The van der Waals surface area contributed by atoms with Gasteiger partial charge in [-0.25, -0.2) is 4.79 Å². The van der Waals surface area contributed by atoms with Crippen LogP contribution in [0.1, 0.15) is 5.56 Å². The molecule has 2 atom stereocenters. The summed E-state index contributed by atoms with van der Waals surface area (Å²) < 4.78 is 7.73. The Labute approximate surface area is 175 Å². The van der Waals surface area contributed by atoms with Crippen LogP contribution in [0, 0.1) is 0 Å². The quantitative estimate of drug-likeness (QED) is 0.271. The van der Waals surface area contributed by atoms with Gasteiger partial charge in [0.2, 0.25) is 15.6 Å². The largest absolute Gasteiger partial charge is 0.508 e. The first-order valence-electron chi connectivity index (χ1n) is 7.86. The summed E-state index contributed by atoms with van der Waals surface area (Å²) in [7, 11) is 0. The third-order valence-corrected chi connectivity index (χ3v) is 4.83. The topological polar surface area (TPSA) is 93.7 Å². The summed E-state index contributed by atoms with van der Waals surface area (Å²) in [6.07, 6.45) is -0.757. The number of ether oxygens (including phenoxy) is 2. The first kappa shape index (κ1) is 21.9. The van der Waals surface area contributed by atoms with Crippen molar-refractivity contribution in [2.24, 2.45) is 0 Å². The second-order valence-electron chi connectivity index (χ2n) is 5.51. The number of thioether (sulfide) groups is 1. The lowest BCUT2D eigenvalue weighted by molar-refractivity contribution is -0.134. The van der Waals surface area contributed by atoms with E-state index in [9.17, 15) is 14.4 Å². The summed E-state index contributed by atoms with van der Waals surface area (Å²) in [5, 5.41) is 5.09. The maximum atomic E-state index is 12.1. The highest BCUT2D eigenvalue weighted by Crippen LogP contribution is 2.26. The van der Waals surface area contributed by atoms with Gasteiger partial charge in [-0.15, -0.1) is 11.8 Å². The van der Waals surface area contributed by atoms with Gasteiger partial charge in [0.05, 0.1) is 6.42 Å². The fourth-order valence-corrected chi connectivity index (χ4v) is 3.30. The van der Waals surface area contributed by atoms with Gasteiger partial charge in [-0.3, -0.25) is 9.59 Å². The summed E-state index contributed by atoms with van der Waals surface area (Å²) in [6, 6.07) is 8.61. The summed E-state index contributed by atoms with van der Waals surface area (Å²) >= 11 is 17.7. The minimum atomic E-state index is -1.70. The molecule has 11 heteroatoms. The summed E-state index contributed by atoms with van der Waals surface area (Å²) in [4.78, 5) is 35.0. The van der Waals surface area contributed by atoms with E-state index in [2.05, 4.69) is 15.4 Å². The van der Waals surface area contributed by atoms with Gasteiger partial charge in [0, 0.05) is 5.75 Å². The molecule has 1 aliphatic rings. The van der Waals surface area contributed by atoms with Gasteiger partial charge < -0.3 is 20.1 Å². The van der Waals surface area contributed by atoms with Crippen LogP contribution >= 0.6 is 46.6 Å². The van der Waals surface area contributed by atoms with Crippen LogP contribution in [0.5, 0.6) is 0 Å². The van der Waals surface area contributed by atoms with Gasteiger partial charge in [-0.05, 0) is 5.56 Å². The van der Waals surface area contributed by atoms with E-state index >= 15 is 0 Å². The van der Waals surface area contributed by atoms with Crippen LogP contribution in [0.4, 0.5) is 4.79 Å². The third kappa shape index (κ3) is 8.04. The Morgan fingerprint density at radius 1 is 1.19 bits per heavy atom. The third-order valence-electron chi connectivity index (χ3n) is 3.35. The van der Waals surface area contributed by atoms with Crippen molar-refractivity contribution in [2.75, 3.05) is 19.0 Å². The number of β-lactam (4-membered cyclic amide) rings is 1. The molecule has 0 saturated carbocycles. The number of carbonyl (C=O) groups is 3. The molecule has 2 rings (SSSR count). The van der Waals surface area contributed by atoms with Crippen LogP contribution in [0.3, 0.4) is 0 Å². The van der Waals surface area contributed by atoms with Crippen LogP contribution in [0.15, 0.2) is 30.3 Å². The van der Waals surface area contributed by atoms with Gasteiger partial charge in [0.15, 0.2) is 0 Å². The van der Waals surface area contributed by atoms with Crippen molar-refractivity contribution in [2.45, 2.75) is 21.6 Å². The number of amides is 2. The van der Waals surface area contributed by atoms with Crippen molar-refractivity contribution < 1.29 is 23.9 Å². The monoisotopic (exact) mass is 454 g/mol. The van der Waals surface area contributed by atoms with E-state index in [1.807, 2.05) is 30.3 Å². The molecule has 1 heterocycles. The number of hydrogen-bond acceptors (Lipinski definition) is 6. The van der Waals surface area contributed by atoms with E-state index < -0.39 is 22.6 Å². The Morgan fingerprint density at radius 2 is 1.89 bits per heavy atom. The van der Waals surface area contributed by atoms with E-state index in [0.717, 1.165) is 5.56 Å². The van der Waals surface area contributed by atoms with Crippen molar-refractivity contribution in [3.8, 4) is 0 Å². The molecule has 1 aromatic carbocycles. The first-order valence-corrected chi connectivity index (χ1v) is 10.0. The smallest absolute Gasteiger partial charge is 0.433 e. The van der Waals surface area contributed by atoms with Crippen LogP contribution < -0.4 is 10.6 Å². The summed E-state index contributed by atoms with van der Waals surface area (Å²) in [5.41, 5.74) is 0.862. The molecule has 0 aliphatic carbocycles. The molecular weight excluding hydrogens is 439 g/mol. The van der Waals surface area contributed by atoms with Crippen LogP contribution in [0.2, 0.25) is 0 Å². The van der Waals surface area contributed by atoms with Gasteiger partial charge in [0.1, 0.15) is 24.6 Å². The van der Waals surface area contributed by atoms with Crippen molar-refractivity contribution in [3.05, 3.63) is 35.9 Å². The molecular formula is C16H17Cl3N2O5S. The molecule has 7 nitrogen and oxygen atoms in total. The standard InChI is InChI=1S/C16H17Cl3N2O5S/c17-16(18,19)9-26-15(24)25-6-7-27-14-12(13(23)21-14)20-11(22)8-10-4-2-1-3-5-10/h1-5,12,14H,6-9H2,(H,20,22)(H,21,23)/t12-,14-/m1/s1. The van der Waals surface area contributed by atoms with E-state index in [0.29, 0.717) is 5.75 Å². The summed E-state index contributed by atoms with van der Waals surface area (Å²) in [6.45, 7) is -0.377.